The first-order valence-electron chi connectivity index (χ1n) is 7.04. The molecule has 1 aliphatic carbocycles. The lowest BCUT2D eigenvalue weighted by atomic mass is 9.77. The Bertz CT molecular complexity index is 373. The first-order chi connectivity index (χ1) is 8.70. The van der Waals surface area contributed by atoms with Gasteiger partial charge in [0.25, 0.3) is 0 Å². The standard InChI is InChI=1S/C15H23FN2/c1-3-18-15(12-6-4-11(2)5-7-12)13-8-14(16)10-17-9-13/h8-12,15,18H,3-7H2,1-2H3. The Morgan fingerprint density at radius 3 is 2.67 bits per heavy atom. The van der Waals surface area contributed by atoms with Crippen molar-refractivity contribution in [2.75, 3.05) is 6.54 Å². The van der Waals surface area contributed by atoms with E-state index < -0.39 is 0 Å². The Hall–Kier alpha value is -0.960. The minimum Gasteiger partial charge on any atom is -0.310 e. The number of halogens is 1. The van der Waals surface area contributed by atoms with Gasteiger partial charge >= 0.3 is 0 Å². The smallest absolute Gasteiger partial charge is 0.141 e. The minimum absolute atomic E-state index is 0.236. The highest BCUT2D eigenvalue weighted by Gasteiger charge is 2.27. The molecule has 1 atom stereocenters. The zero-order chi connectivity index (χ0) is 13.0. The SMILES string of the molecule is CCNC(c1cncc(F)c1)C1CCC(C)CC1. The van der Waals surface area contributed by atoms with E-state index in [2.05, 4.69) is 24.1 Å². The second-order valence-corrected chi connectivity index (χ2v) is 5.49. The molecule has 3 heteroatoms. The van der Waals surface area contributed by atoms with Crippen molar-refractivity contribution >= 4 is 0 Å². The molecular weight excluding hydrogens is 227 g/mol. The maximum absolute atomic E-state index is 13.3. The van der Waals surface area contributed by atoms with Gasteiger partial charge in [0.1, 0.15) is 5.82 Å². The van der Waals surface area contributed by atoms with Crippen molar-refractivity contribution in [3.05, 3.63) is 29.8 Å². The molecule has 1 heterocycles. The van der Waals surface area contributed by atoms with E-state index in [0.29, 0.717) is 5.92 Å². The molecule has 1 unspecified atom stereocenters. The summed E-state index contributed by atoms with van der Waals surface area (Å²) in [5.41, 5.74) is 0.997. The van der Waals surface area contributed by atoms with Crippen molar-refractivity contribution < 1.29 is 4.39 Å². The van der Waals surface area contributed by atoms with Crippen molar-refractivity contribution in [3.63, 3.8) is 0 Å². The molecule has 1 aromatic heterocycles. The van der Waals surface area contributed by atoms with Gasteiger partial charge in [0, 0.05) is 12.2 Å². The average molecular weight is 250 g/mol. The largest absolute Gasteiger partial charge is 0.310 e. The number of nitrogens with zero attached hydrogens (tertiary/aromatic N) is 1. The predicted molar refractivity (Wildman–Crippen MR) is 71.7 cm³/mol. The van der Waals surface area contributed by atoms with Crippen molar-refractivity contribution in [1.29, 1.82) is 0 Å². The van der Waals surface area contributed by atoms with Crippen LogP contribution in [0.25, 0.3) is 0 Å². The van der Waals surface area contributed by atoms with E-state index in [-0.39, 0.29) is 11.9 Å². The van der Waals surface area contributed by atoms with E-state index >= 15 is 0 Å². The van der Waals surface area contributed by atoms with Crippen LogP contribution in [0.4, 0.5) is 4.39 Å². The zero-order valence-electron chi connectivity index (χ0n) is 11.3. The highest BCUT2D eigenvalue weighted by Crippen LogP contribution is 2.36. The van der Waals surface area contributed by atoms with E-state index in [0.717, 1.165) is 18.0 Å². The second kappa shape index (κ2) is 6.28. The van der Waals surface area contributed by atoms with Crippen LogP contribution in [0.1, 0.15) is 51.1 Å². The Kier molecular flexibility index (Phi) is 4.70. The quantitative estimate of drug-likeness (QED) is 0.881. The van der Waals surface area contributed by atoms with Crippen molar-refractivity contribution in [2.24, 2.45) is 11.8 Å². The van der Waals surface area contributed by atoms with Crippen LogP contribution in [0.2, 0.25) is 0 Å². The topological polar surface area (TPSA) is 24.9 Å². The number of hydrogen-bond acceptors (Lipinski definition) is 2. The van der Waals surface area contributed by atoms with Gasteiger partial charge in [0.2, 0.25) is 0 Å². The monoisotopic (exact) mass is 250 g/mol. The maximum atomic E-state index is 13.3. The molecule has 0 amide bonds. The number of nitrogens with one attached hydrogen (secondary N) is 1. The number of aromatic nitrogens is 1. The van der Waals surface area contributed by atoms with Crippen LogP contribution in [0, 0.1) is 17.7 Å². The molecule has 18 heavy (non-hydrogen) atoms. The first-order valence-corrected chi connectivity index (χ1v) is 7.04. The molecule has 0 bridgehead atoms. The minimum atomic E-state index is -0.236. The van der Waals surface area contributed by atoms with Crippen molar-refractivity contribution in [2.45, 2.75) is 45.6 Å². The number of hydrogen-bond donors (Lipinski definition) is 1. The Morgan fingerprint density at radius 1 is 1.33 bits per heavy atom. The van der Waals surface area contributed by atoms with Gasteiger partial charge in [0.15, 0.2) is 0 Å². The average Bonchev–Trinajstić information content (AvgIpc) is 2.37. The zero-order valence-corrected chi connectivity index (χ0v) is 11.3. The third kappa shape index (κ3) is 3.29. The van der Waals surface area contributed by atoms with E-state index in [1.54, 1.807) is 12.3 Å². The van der Waals surface area contributed by atoms with Crippen LogP contribution >= 0.6 is 0 Å². The summed E-state index contributed by atoms with van der Waals surface area (Å²) in [5.74, 6) is 1.22. The molecule has 0 aliphatic heterocycles. The molecule has 1 N–H and O–H groups in total. The third-order valence-electron chi connectivity index (χ3n) is 4.04. The molecular formula is C15H23FN2. The van der Waals surface area contributed by atoms with Gasteiger partial charge in [-0.3, -0.25) is 4.98 Å². The Morgan fingerprint density at radius 2 is 2.06 bits per heavy atom. The molecule has 2 nitrogen and oxygen atoms in total. The normalized spacial score (nSPS) is 25.9. The van der Waals surface area contributed by atoms with Crippen LogP contribution in [-0.2, 0) is 0 Å². The van der Waals surface area contributed by atoms with Crippen molar-refractivity contribution in [3.8, 4) is 0 Å². The Balaban J connectivity index is 2.12. The Labute approximate surface area is 109 Å². The van der Waals surface area contributed by atoms with E-state index in [1.807, 2.05) is 0 Å². The summed E-state index contributed by atoms with van der Waals surface area (Å²) >= 11 is 0. The lowest BCUT2D eigenvalue weighted by Gasteiger charge is -2.33. The van der Waals surface area contributed by atoms with Gasteiger partial charge < -0.3 is 5.32 Å². The summed E-state index contributed by atoms with van der Waals surface area (Å²) in [6.07, 6.45) is 8.11. The molecule has 0 aromatic carbocycles. The van der Waals surface area contributed by atoms with E-state index in [4.69, 9.17) is 0 Å². The molecule has 1 fully saturated rings. The van der Waals surface area contributed by atoms with Crippen LogP contribution in [-0.4, -0.2) is 11.5 Å². The summed E-state index contributed by atoms with van der Waals surface area (Å²) in [5, 5.41) is 3.50. The molecule has 2 rings (SSSR count). The second-order valence-electron chi connectivity index (χ2n) is 5.49. The van der Waals surface area contributed by atoms with Crippen molar-refractivity contribution in [1.82, 2.24) is 10.3 Å². The van der Waals surface area contributed by atoms with E-state index in [1.165, 1.54) is 31.9 Å². The molecule has 0 saturated heterocycles. The highest BCUT2D eigenvalue weighted by atomic mass is 19.1. The summed E-state index contributed by atoms with van der Waals surface area (Å²) in [6, 6.07) is 1.88. The van der Waals surface area contributed by atoms with Gasteiger partial charge in [-0.15, -0.1) is 0 Å². The number of rotatable bonds is 4. The fraction of sp³-hybridized carbons (Fsp3) is 0.667. The maximum Gasteiger partial charge on any atom is 0.141 e. The lowest BCUT2D eigenvalue weighted by molar-refractivity contribution is 0.232. The predicted octanol–water partition coefficient (Wildman–Crippen LogP) is 3.70. The number of pyridine rings is 1. The summed E-state index contributed by atoms with van der Waals surface area (Å²) in [4.78, 5) is 3.98. The summed E-state index contributed by atoms with van der Waals surface area (Å²) in [6.45, 7) is 5.33. The van der Waals surface area contributed by atoms with Gasteiger partial charge in [-0.2, -0.15) is 0 Å². The summed E-state index contributed by atoms with van der Waals surface area (Å²) < 4.78 is 13.3. The molecule has 0 radical (unpaired) electrons. The fourth-order valence-corrected chi connectivity index (χ4v) is 2.99. The van der Waals surface area contributed by atoms with Gasteiger partial charge in [-0.25, -0.2) is 4.39 Å². The van der Waals surface area contributed by atoms with Crippen LogP contribution in [0.3, 0.4) is 0 Å². The molecule has 1 aliphatic rings. The highest BCUT2D eigenvalue weighted by molar-refractivity contribution is 5.16. The van der Waals surface area contributed by atoms with Crippen LogP contribution < -0.4 is 5.32 Å². The molecule has 0 spiro atoms. The van der Waals surface area contributed by atoms with Crippen LogP contribution in [0.5, 0.6) is 0 Å². The lowest BCUT2D eigenvalue weighted by Crippen LogP contribution is -2.30. The van der Waals surface area contributed by atoms with Gasteiger partial charge in [-0.05, 0) is 42.9 Å². The first kappa shape index (κ1) is 13.5. The van der Waals surface area contributed by atoms with Gasteiger partial charge in [-0.1, -0.05) is 26.7 Å². The molecule has 1 aromatic rings. The van der Waals surface area contributed by atoms with Gasteiger partial charge in [0.05, 0.1) is 6.20 Å². The third-order valence-corrected chi connectivity index (χ3v) is 4.04. The fourth-order valence-electron chi connectivity index (χ4n) is 2.99. The summed E-state index contributed by atoms with van der Waals surface area (Å²) in [7, 11) is 0. The molecule has 100 valence electrons. The van der Waals surface area contributed by atoms with Crippen LogP contribution in [0.15, 0.2) is 18.5 Å². The van der Waals surface area contributed by atoms with E-state index in [9.17, 15) is 4.39 Å². The molecule has 1 saturated carbocycles.